The lowest BCUT2D eigenvalue weighted by Gasteiger charge is -2.28. The Hall–Kier alpha value is -3.97. The van der Waals surface area contributed by atoms with Gasteiger partial charge in [0.25, 0.3) is 0 Å². The number of thiocarbonyl (C=S) groups is 1. The van der Waals surface area contributed by atoms with Gasteiger partial charge in [-0.15, -0.1) is 0 Å². The van der Waals surface area contributed by atoms with E-state index >= 15 is 0 Å². The van der Waals surface area contributed by atoms with Crippen LogP contribution in [0.25, 0.3) is 5.69 Å². The maximum absolute atomic E-state index is 11.5. The number of carbonyl (C=O) groups excluding carboxylic acids is 1. The first-order valence-corrected chi connectivity index (χ1v) is 12.9. The van der Waals surface area contributed by atoms with Gasteiger partial charge in [-0.25, -0.2) is 0 Å². The zero-order valence-corrected chi connectivity index (χ0v) is 22.3. The molecule has 3 heterocycles. The standard InChI is InChI=1S/C30H31N5OS/c1-5-22-9-13-24(14-10-22)34-19(2)18-26(20(34)3)29-28(27-8-6-7-17-31-27)33-30(37)35(29)25-15-11-23(12-16-25)32-21(4)36/h6-18,28-29H,5H2,1-4H3,(H,32,36)(H,33,37)/t28-,29+/m0/s1. The molecule has 37 heavy (non-hydrogen) atoms. The largest absolute Gasteiger partial charge is 0.351 e. The van der Waals surface area contributed by atoms with Crippen molar-refractivity contribution < 1.29 is 4.79 Å². The van der Waals surface area contributed by atoms with E-state index in [0.29, 0.717) is 5.11 Å². The number of pyridine rings is 1. The van der Waals surface area contributed by atoms with Crippen molar-refractivity contribution >= 4 is 34.6 Å². The minimum Gasteiger partial charge on any atom is -0.351 e. The van der Waals surface area contributed by atoms with Gasteiger partial charge in [0, 0.05) is 41.6 Å². The highest BCUT2D eigenvalue weighted by Crippen LogP contribution is 2.43. The quantitative estimate of drug-likeness (QED) is 0.304. The van der Waals surface area contributed by atoms with Gasteiger partial charge in [0.15, 0.2) is 5.11 Å². The van der Waals surface area contributed by atoms with Crippen molar-refractivity contribution in [3.05, 3.63) is 107 Å². The van der Waals surface area contributed by atoms with Gasteiger partial charge in [-0.05, 0) is 98.2 Å². The molecule has 7 heteroatoms. The number of carbonyl (C=O) groups is 1. The number of rotatable bonds is 6. The number of anilines is 2. The van der Waals surface area contributed by atoms with Gasteiger partial charge in [-0.3, -0.25) is 9.78 Å². The van der Waals surface area contributed by atoms with Crippen molar-refractivity contribution in [3.63, 3.8) is 0 Å². The first-order valence-electron chi connectivity index (χ1n) is 12.5. The molecule has 0 saturated carbocycles. The first kappa shape index (κ1) is 24.7. The summed E-state index contributed by atoms with van der Waals surface area (Å²) in [6.07, 6.45) is 2.84. The lowest BCUT2D eigenvalue weighted by atomic mass is 9.96. The molecule has 1 aliphatic rings. The summed E-state index contributed by atoms with van der Waals surface area (Å²) in [6, 6.07) is 24.6. The fourth-order valence-corrected chi connectivity index (χ4v) is 5.57. The molecule has 2 aromatic heterocycles. The van der Waals surface area contributed by atoms with Crippen molar-refractivity contribution in [1.29, 1.82) is 0 Å². The number of nitrogens with zero attached hydrogens (tertiary/aromatic N) is 3. The van der Waals surface area contributed by atoms with Crippen LogP contribution in [-0.2, 0) is 11.2 Å². The monoisotopic (exact) mass is 509 g/mol. The van der Waals surface area contributed by atoms with Crippen LogP contribution in [0.2, 0.25) is 0 Å². The number of amides is 1. The Balaban J connectivity index is 1.61. The highest BCUT2D eigenvalue weighted by molar-refractivity contribution is 7.80. The lowest BCUT2D eigenvalue weighted by Crippen LogP contribution is -2.29. The molecule has 0 radical (unpaired) electrons. The van der Waals surface area contributed by atoms with Crippen LogP contribution < -0.4 is 15.5 Å². The number of nitrogens with one attached hydrogen (secondary N) is 2. The number of hydrogen-bond acceptors (Lipinski definition) is 3. The third kappa shape index (κ3) is 4.74. The number of benzene rings is 2. The van der Waals surface area contributed by atoms with Crippen LogP contribution in [0.1, 0.15) is 54.1 Å². The lowest BCUT2D eigenvalue weighted by molar-refractivity contribution is -0.114. The van der Waals surface area contributed by atoms with E-state index in [1.165, 1.54) is 23.7 Å². The van der Waals surface area contributed by atoms with Crippen LogP contribution >= 0.6 is 12.2 Å². The summed E-state index contributed by atoms with van der Waals surface area (Å²) in [5.74, 6) is -0.0985. The minimum absolute atomic E-state index is 0.0985. The maximum Gasteiger partial charge on any atom is 0.221 e. The van der Waals surface area contributed by atoms with Gasteiger partial charge in [0.1, 0.15) is 0 Å². The van der Waals surface area contributed by atoms with E-state index in [0.717, 1.165) is 34.9 Å². The van der Waals surface area contributed by atoms with Crippen LogP contribution in [0.15, 0.2) is 79.0 Å². The molecule has 1 aliphatic heterocycles. The molecule has 0 bridgehead atoms. The molecule has 1 amide bonds. The fraction of sp³-hybridized carbons (Fsp3) is 0.233. The van der Waals surface area contributed by atoms with Crippen LogP contribution in [0, 0.1) is 13.8 Å². The van der Waals surface area contributed by atoms with Crippen LogP contribution in [0.5, 0.6) is 0 Å². The Labute approximate surface area is 223 Å². The SMILES string of the molecule is CCc1ccc(-n2c(C)cc([C@@H]3[C@H](c4ccccn4)NC(=S)N3c3ccc(NC(C)=O)cc3)c2C)cc1. The summed E-state index contributed by atoms with van der Waals surface area (Å²) in [4.78, 5) is 18.4. The van der Waals surface area contributed by atoms with Gasteiger partial charge >= 0.3 is 0 Å². The second kappa shape index (κ2) is 10.2. The maximum atomic E-state index is 11.5. The van der Waals surface area contributed by atoms with Crippen molar-refractivity contribution in [2.45, 2.75) is 46.2 Å². The van der Waals surface area contributed by atoms with Gasteiger partial charge in [0.05, 0.1) is 17.8 Å². The first-order chi connectivity index (χ1) is 17.9. The summed E-state index contributed by atoms with van der Waals surface area (Å²) < 4.78 is 2.31. The molecule has 2 atom stereocenters. The predicted octanol–water partition coefficient (Wildman–Crippen LogP) is 6.19. The van der Waals surface area contributed by atoms with E-state index < -0.39 is 0 Å². The van der Waals surface area contributed by atoms with E-state index in [1.54, 1.807) is 0 Å². The van der Waals surface area contributed by atoms with Gasteiger partial charge < -0.3 is 20.1 Å². The number of hydrogen-bond donors (Lipinski definition) is 2. The second-order valence-electron chi connectivity index (χ2n) is 9.41. The molecule has 2 aromatic carbocycles. The zero-order chi connectivity index (χ0) is 26.1. The molecular weight excluding hydrogens is 478 g/mol. The average Bonchev–Trinajstić information content (AvgIpc) is 3.39. The van der Waals surface area contributed by atoms with Gasteiger partial charge in [-0.1, -0.05) is 25.1 Å². The Morgan fingerprint density at radius 1 is 1.03 bits per heavy atom. The molecule has 1 fully saturated rings. The molecular formula is C30H31N5OS. The third-order valence-electron chi connectivity index (χ3n) is 6.96. The molecule has 2 N–H and O–H groups in total. The van der Waals surface area contributed by atoms with Gasteiger partial charge in [0.2, 0.25) is 5.91 Å². The van der Waals surface area contributed by atoms with Crippen molar-refractivity contribution in [2.24, 2.45) is 0 Å². The zero-order valence-electron chi connectivity index (χ0n) is 21.5. The topological polar surface area (TPSA) is 62.2 Å². The predicted molar refractivity (Wildman–Crippen MR) is 153 cm³/mol. The molecule has 0 spiro atoms. The highest BCUT2D eigenvalue weighted by Gasteiger charge is 2.42. The Morgan fingerprint density at radius 3 is 2.35 bits per heavy atom. The molecule has 5 rings (SSSR count). The van der Waals surface area contributed by atoms with Crippen molar-refractivity contribution in [3.8, 4) is 5.69 Å². The molecule has 1 saturated heterocycles. The normalized spacial score (nSPS) is 17.1. The summed E-state index contributed by atoms with van der Waals surface area (Å²) >= 11 is 5.89. The Bertz CT molecular complexity index is 1430. The molecule has 0 aliphatic carbocycles. The highest BCUT2D eigenvalue weighted by atomic mass is 32.1. The molecule has 4 aromatic rings. The van der Waals surface area contributed by atoms with Gasteiger partial charge in [-0.2, -0.15) is 0 Å². The van der Waals surface area contributed by atoms with Crippen molar-refractivity contribution in [2.75, 3.05) is 10.2 Å². The third-order valence-corrected chi connectivity index (χ3v) is 7.27. The summed E-state index contributed by atoms with van der Waals surface area (Å²) in [6.45, 7) is 8.00. The van der Waals surface area contributed by atoms with Crippen LogP contribution in [-0.4, -0.2) is 20.6 Å². The summed E-state index contributed by atoms with van der Waals surface area (Å²) in [5.41, 5.74) is 8.62. The van der Waals surface area contributed by atoms with Crippen molar-refractivity contribution in [1.82, 2.24) is 14.9 Å². The molecule has 0 unspecified atom stereocenters. The van der Waals surface area contributed by atoms with E-state index in [-0.39, 0.29) is 18.0 Å². The molecule has 6 nitrogen and oxygen atoms in total. The summed E-state index contributed by atoms with van der Waals surface area (Å²) in [7, 11) is 0. The second-order valence-corrected chi connectivity index (χ2v) is 9.79. The summed E-state index contributed by atoms with van der Waals surface area (Å²) in [5, 5.41) is 7.02. The minimum atomic E-state index is -0.125. The van der Waals surface area contributed by atoms with Crippen LogP contribution in [0.3, 0.4) is 0 Å². The van der Waals surface area contributed by atoms with E-state index in [4.69, 9.17) is 12.2 Å². The Morgan fingerprint density at radius 2 is 1.73 bits per heavy atom. The van der Waals surface area contributed by atoms with E-state index in [1.807, 2.05) is 48.7 Å². The average molecular weight is 510 g/mol. The number of aromatic nitrogens is 2. The number of aryl methyl sites for hydroxylation is 2. The fourth-order valence-electron chi connectivity index (χ4n) is 5.22. The van der Waals surface area contributed by atoms with E-state index in [2.05, 4.69) is 76.2 Å². The smallest absolute Gasteiger partial charge is 0.221 e. The Kier molecular flexibility index (Phi) is 6.80. The van der Waals surface area contributed by atoms with E-state index in [9.17, 15) is 4.79 Å². The van der Waals surface area contributed by atoms with Crippen LogP contribution in [0.4, 0.5) is 11.4 Å². The molecule has 188 valence electrons.